The molecule has 1 atom stereocenters. The number of fused-ring (bicyclic) bond motifs is 1. The second kappa shape index (κ2) is 7.70. The fourth-order valence-corrected chi connectivity index (χ4v) is 4.90. The minimum atomic E-state index is -1.05. The minimum absolute atomic E-state index is 0.0492. The van der Waals surface area contributed by atoms with Crippen LogP contribution in [0.15, 0.2) is 18.2 Å². The van der Waals surface area contributed by atoms with Gasteiger partial charge in [0.1, 0.15) is 11.8 Å². The van der Waals surface area contributed by atoms with Gasteiger partial charge >= 0.3 is 0 Å². The van der Waals surface area contributed by atoms with Gasteiger partial charge in [0.25, 0.3) is 17.7 Å². The fraction of sp³-hybridized carbons (Fsp3) is 0.500. The number of nitrogens with zero attached hydrogens (tertiary/aromatic N) is 2. The molecule has 10 heteroatoms. The van der Waals surface area contributed by atoms with E-state index >= 15 is 0 Å². The molecule has 0 bridgehead atoms. The summed E-state index contributed by atoms with van der Waals surface area (Å²) in [7, 11) is 0. The van der Waals surface area contributed by atoms with Crippen LogP contribution >= 0.6 is 0 Å². The minimum Gasteiger partial charge on any atom is -0.483 e. The third-order valence-corrected chi connectivity index (χ3v) is 6.96. The lowest BCUT2D eigenvalue weighted by Gasteiger charge is -2.48. The van der Waals surface area contributed by atoms with Crippen LogP contribution in [0.25, 0.3) is 0 Å². The van der Waals surface area contributed by atoms with Crippen molar-refractivity contribution in [3.63, 3.8) is 0 Å². The van der Waals surface area contributed by atoms with E-state index in [0.29, 0.717) is 18.5 Å². The number of hydrogen-bond acceptors (Lipinski definition) is 7. The van der Waals surface area contributed by atoms with Crippen LogP contribution in [0.1, 0.15) is 46.4 Å². The van der Waals surface area contributed by atoms with Gasteiger partial charge in [-0.3, -0.25) is 34.2 Å². The van der Waals surface area contributed by atoms with E-state index in [9.17, 15) is 24.0 Å². The van der Waals surface area contributed by atoms with Crippen LogP contribution in [0, 0.1) is 5.41 Å². The highest BCUT2D eigenvalue weighted by molar-refractivity contribution is 6.24. The van der Waals surface area contributed by atoms with Gasteiger partial charge in [-0.15, -0.1) is 0 Å². The number of carbonyl (C=O) groups is 5. The molecular formula is C22H24N4O6. The predicted octanol–water partition coefficient (Wildman–Crippen LogP) is -0.321. The number of nitrogens with one attached hydrogen (secondary N) is 2. The first-order valence-corrected chi connectivity index (χ1v) is 10.8. The fourth-order valence-electron chi connectivity index (χ4n) is 4.90. The molecule has 3 fully saturated rings. The Morgan fingerprint density at radius 1 is 1.09 bits per heavy atom. The monoisotopic (exact) mass is 440 g/mol. The summed E-state index contributed by atoms with van der Waals surface area (Å²) in [5.41, 5.74) is 0.500. The van der Waals surface area contributed by atoms with Gasteiger partial charge in [0.05, 0.1) is 11.1 Å². The maximum Gasteiger partial charge on any atom is 0.266 e. The summed E-state index contributed by atoms with van der Waals surface area (Å²) in [6.07, 6.45) is 2.05. The summed E-state index contributed by atoms with van der Waals surface area (Å²) in [6.45, 7) is 3.12. The number of rotatable bonds is 4. The molecule has 4 aliphatic heterocycles. The van der Waals surface area contributed by atoms with Crippen LogP contribution in [0.2, 0.25) is 0 Å². The average molecular weight is 440 g/mol. The number of likely N-dealkylation sites (tertiary alicyclic amines) is 1. The van der Waals surface area contributed by atoms with Gasteiger partial charge in [-0.2, -0.15) is 0 Å². The predicted molar refractivity (Wildman–Crippen MR) is 110 cm³/mol. The van der Waals surface area contributed by atoms with E-state index < -0.39 is 29.7 Å². The second-order valence-electron chi connectivity index (χ2n) is 8.90. The lowest BCUT2D eigenvalue weighted by molar-refractivity contribution is -0.137. The van der Waals surface area contributed by atoms with E-state index in [1.807, 2.05) is 0 Å². The molecule has 0 saturated carbocycles. The van der Waals surface area contributed by atoms with Crippen molar-refractivity contribution < 1.29 is 28.7 Å². The highest BCUT2D eigenvalue weighted by atomic mass is 16.5. The smallest absolute Gasteiger partial charge is 0.266 e. The van der Waals surface area contributed by atoms with E-state index in [-0.39, 0.29) is 42.2 Å². The third-order valence-electron chi connectivity index (χ3n) is 6.96. The molecule has 0 aliphatic carbocycles. The van der Waals surface area contributed by atoms with Gasteiger partial charge < -0.3 is 15.0 Å². The van der Waals surface area contributed by atoms with Crippen molar-refractivity contribution in [2.45, 2.75) is 31.7 Å². The third kappa shape index (κ3) is 3.35. The Hall–Kier alpha value is -3.27. The summed E-state index contributed by atoms with van der Waals surface area (Å²) in [6, 6.07) is 3.56. The Kier molecular flexibility index (Phi) is 4.96. The molecule has 168 valence electrons. The standard InChI is InChI=1S/C22H24N4O6/c27-16-5-4-14(19(29)24-16)26-20(30)13-2-1-3-15(18(13)21(26)31)32-10-17(28)25-8-6-22(7-9-25)11-23-12-22/h1-3,14,23H,4-12H2,(H,24,27,29). The number of imide groups is 2. The molecule has 4 aliphatic rings. The molecule has 1 aromatic carbocycles. The van der Waals surface area contributed by atoms with Gasteiger partial charge in [0, 0.05) is 32.6 Å². The molecule has 4 heterocycles. The van der Waals surface area contributed by atoms with E-state index in [0.717, 1.165) is 30.8 Å². The quantitative estimate of drug-likeness (QED) is 0.615. The molecule has 0 aromatic heterocycles. The van der Waals surface area contributed by atoms with Crippen molar-refractivity contribution >= 4 is 29.5 Å². The first-order valence-electron chi connectivity index (χ1n) is 10.8. The van der Waals surface area contributed by atoms with E-state index in [2.05, 4.69) is 10.6 Å². The Labute approximate surface area is 184 Å². The van der Waals surface area contributed by atoms with Crippen molar-refractivity contribution in [3.8, 4) is 5.75 Å². The number of amides is 5. The van der Waals surface area contributed by atoms with Crippen LogP contribution in [-0.2, 0) is 14.4 Å². The Bertz CT molecular complexity index is 1020. The van der Waals surface area contributed by atoms with Crippen LogP contribution in [0.5, 0.6) is 5.75 Å². The van der Waals surface area contributed by atoms with Gasteiger partial charge in [-0.25, -0.2) is 0 Å². The van der Waals surface area contributed by atoms with E-state index in [4.69, 9.17) is 4.74 Å². The number of benzene rings is 1. The molecular weight excluding hydrogens is 416 g/mol. The zero-order chi connectivity index (χ0) is 22.5. The van der Waals surface area contributed by atoms with E-state index in [1.165, 1.54) is 12.1 Å². The summed E-state index contributed by atoms with van der Waals surface area (Å²) in [5.74, 6) is -2.38. The van der Waals surface area contributed by atoms with Crippen molar-refractivity contribution in [1.82, 2.24) is 20.4 Å². The molecule has 1 unspecified atom stereocenters. The molecule has 10 nitrogen and oxygen atoms in total. The Morgan fingerprint density at radius 3 is 2.50 bits per heavy atom. The molecule has 0 radical (unpaired) electrons. The molecule has 1 aromatic rings. The van der Waals surface area contributed by atoms with Gasteiger partial charge in [-0.1, -0.05) is 6.07 Å². The van der Waals surface area contributed by atoms with Crippen LogP contribution < -0.4 is 15.4 Å². The SMILES string of the molecule is O=C1CCC(N2C(=O)c3cccc(OCC(=O)N4CCC5(CC4)CNC5)c3C2=O)C(=O)N1. The molecule has 3 saturated heterocycles. The second-order valence-corrected chi connectivity index (χ2v) is 8.90. The van der Waals surface area contributed by atoms with Crippen molar-refractivity contribution in [2.75, 3.05) is 32.8 Å². The molecule has 2 N–H and O–H groups in total. The number of carbonyl (C=O) groups excluding carboxylic acids is 5. The topological polar surface area (TPSA) is 125 Å². The summed E-state index contributed by atoms with van der Waals surface area (Å²) in [4.78, 5) is 64.9. The van der Waals surface area contributed by atoms with Crippen molar-refractivity contribution in [3.05, 3.63) is 29.3 Å². The van der Waals surface area contributed by atoms with Crippen LogP contribution in [-0.4, -0.2) is 78.2 Å². The maximum atomic E-state index is 13.1. The van der Waals surface area contributed by atoms with Gasteiger partial charge in [-0.05, 0) is 36.8 Å². The molecule has 5 rings (SSSR count). The first kappa shape index (κ1) is 20.6. The average Bonchev–Trinajstić information content (AvgIpc) is 3.02. The van der Waals surface area contributed by atoms with Crippen LogP contribution in [0.3, 0.4) is 0 Å². The van der Waals surface area contributed by atoms with Crippen molar-refractivity contribution in [1.29, 1.82) is 0 Å². The van der Waals surface area contributed by atoms with Gasteiger partial charge in [0.15, 0.2) is 6.61 Å². The highest BCUT2D eigenvalue weighted by Crippen LogP contribution is 2.36. The van der Waals surface area contributed by atoms with Gasteiger partial charge in [0.2, 0.25) is 11.8 Å². The zero-order valence-electron chi connectivity index (χ0n) is 17.5. The van der Waals surface area contributed by atoms with E-state index in [1.54, 1.807) is 11.0 Å². The molecule has 1 spiro atoms. The summed E-state index contributed by atoms with van der Waals surface area (Å²) in [5, 5.41) is 5.46. The Morgan fingerprint density at radius 2 is 1.84 bits per heavy atom. The normalized spacial score (nSPS) is 24.3. The molecule has 5 amide bonds. The number of hydrogen-bond donors (Lipinski definition) is 2. The lowest BCUT2D eigenvalue weighted by atomic mass is 9.73. The largest absolute Gasteiger partial charge is 0.483 e. The maximum absolute atomic E-state index is 13.1. The zero-order valence-corrected chi connectivity index (χ0v) is 17.5. The first-order chi connectivity index (χ1) is 15.4. The Balaban J connectivity index is 1.27. The lowest BCUT2D eigenvalue weighted by Crippen LogP contribution is -2.59. The number of ether oxygens (including phenoxy) is 1. The highest BCUT2D eigenvalue weighted by Gasteiger charge is 2.46. The van der Waals surface area contributed by atoms with Crippen LogP contribution in [0.4, 0.5) is 0 Å². The summed E-state index contributed by atoms with van der Waals surface area (Å²) >= 11 is 0. The van der Waals surface area contributed by atoms with Crippen molar-refractivity contribution in [2.24, 2.45) is 5.41 Å². The number of piperidine rings is 2. The molecule has 32 heavy (non-hydrogen) atoms. The summed E-state index contributed by atoms with van der Waals surface area (Å²) < 4.78 is 5.70.